The SMILES string of the molecule is Cc1ccsc1C(=O)N1CCC[C@@H]1c1ccnc(CN2CCCC2)c1. The molecule has 0 bridgehead atoms. The zero-order valence-corrected chi connectivity index (χ0v) is 15.6. The Morgan fingerprint density at radius 3 is 2.84 bits per heavy atom. The third-order valence-corrected chi connectivity index (χ3v) is 6.38. The molecule has 2 fully saturated rings. The molecule has 5 heteroatoms. The lowest BCUT2D eigenvalue weighted by Gasteiger charge is -2.25. The summed E-state index contributed by atoms with van der Waals surface area (Å²) in [6.45, 7) is 6.16. The first-order valence-corrected chi connectivity index (χ1v) is 10.1. The Morgan fingerprint density at radius 2 is 2.08 bits per heavy atom. The average Bonchev–Trinajstić information content (AvgIpc) is 3.36. The number of hydrogen-bond acceptors (Lipinski definition) is 4. The highest BCUT2D eigenvalue weighted by atomic mass is 32.1. The van der Waals surface area contributed by atoms with Gasteiger partial charge in [0.25, 0.3) is 5.91 Å². The largest absolute Gasteiger partial charge is 0.331 e. The van der Waals surface area contributed by atoms with E-state index in [1.165, 1.54) is 31.5 Å². The average molecular weight is 356 g/mol. The van der Waals surface area contributed by atoms with Crippen molar-refractivity contribution in [2.45, 2.75) is 45.2 Å². The zero-order chi connectivity index (χ0) is 17.2. The molecule has 2 aromatic rings. The van der Waals surface area contributed by atoms with E-state index >= 15 is 0 Å². The van der Waals surface area contributed by atoms with Crippen LogP contribution in [0.3, 0.4) is 0 Å². The molecule has 0 saturated carbocycles. The van der Waals surface area contributed by atoms with Gasteiger partial charge >= 0.3 is 0 Å². The van der Waals surface area contributed by atoms with Crippen molar-refractivity contribution in [1.29, 1.82) is 0 Å². The summed E-state index contributed by atoms with van der Waals surface area (Å²) in [5.41, 5.74) is 3.46. The maximum Gasteiger partial charge on any atom is 0.264 e. The summed E-state index contributed by atoms with van der Waals surface area (Å²) in [7, 11) is 0. The van der Waals surface area contributed by atoms with Crippen LogP contribution >= 0.6 is 11.3 Å². The third kappa shape index (κ3) is 3.48. The van der Waals surface area contributed by atoms with Crippen LogP contribution in [-0.2, 0) is 6.54 Å². The van der Waals surface area contributed by atoms with Crippen LogP contribution < -0.4 is 0 Å². The number of hydrogen-bond donors (Lipinski definition) is 0. The van der Waals surface area contributed by atoms with Crippen LogP contribution in [0.2, 0.25) is 0 Å². The van der Waals surface area contributed by atoms with Crippen molar-refractivity contribution in [2.75, 3.05) is 19.6 Å². The van der Waals surface area contributed by atoms with Crippen LogP contribution in [0.25, 0.3) is 0 Å². The first-order valence-electron chi connectivity index (χ1n) is 9.24. The molecule has 4 heterocycles. The molecule has 0 aromatic carbocycles. The third-order valence-electron chi connectivity index (χ3n) is 5.38. The zero-order valence-electron chi connectivity index (χ0n) is 14.8. The molecule has 0 aliphatic carbocycles. The molecule has 1 atom stereocenters. The number of carbonyl (C=O) groups is 1. The van der Waals surface area contributed by atoms with E-state index < -0.39 is 0 Å². The van der Waals surface area contributed by atoms with Gasteiger partial charge in [0.2, 0.25) is 0 Å². The van der Waals surface area contributed by atoms with Crippen LogP contribution in [-0.4, -0.2) is 40.3 Å². The highest BCUT2D eigenvalue weighted by Gasteiger charge is 2.32. The Bertz CT molecular complexity index is 751. The van der Waals surface area contributed by atoms with Gasteiger partial charge < -0.3 is 4.90 Å². The number of carbonyl (C=O) groups excluding carboxylic acids is 1. The second-order valence-corrected chi connectivity index (χ2v) is 8.07. The van der Waals surface area contributed by atoms with E-state index in [1.807, 2.05) is 24.6 Å². The summed E-state index contributed by atoms with van der Waals surface area (Å²) in [6.07, 6.45) is 6.63. The van der Waals surface area contributed by atoms with Gasteiger partial charge in [-0.05, 0) is 80.4 Å². The summed E-state index contributed by atoms with van der Waals surface area (Å²) in [4.78, 5) is 23.0. The molecule has 0 unspecified atom stereocenters. The Hall–Kier alpha value is -1.72. The molecule has 4 rings (SSSR count). The molecular weight excluding hydrogens is 330 g/mol. The van der Waals surface area contributed by atoms with Crippen molar-refractivity contribution in [3.05, 3.63) is 51.5 Å². The van der Waals surface area contributed by atoms with Crippen LogP contribution in [0.4, 0.5) is 0 Å². The van der Waals surface area contributed by atoms with Crippen molar-refractivity contribution >= 4 is 17.2 Å². The molecule has 4 nitrogen and oxygen atoms in total. The van der Waals surface area contributed by atoms with Gasteiger partial charge in [-0.3, -0.25) is 14.7 Å². The first-order chi connectivity index (χ1) is 12.2. The molecule has 1 amide bonds. The van der Waals surface area contributed by atoms with E-state index in [0.717, 1.165) is 42.1 Å². The minimum absolute atomic E-state index is 0.188. The Kier molecular flexibility index (Phi) is 4.86. The number of amides is 1. The minimum atomic E-state index is 0.188. The Balaban J connectivity index is 1.53. The lowest BCUT2D eigenvalue weighted by atomic mass is 10.0. The fourth-order valence-electron chi connectivity index (χ4n) is 4.04. The van der Waals surface area contributed by atoms with E-state index in [4.69, 9.17) is 0 Å². The monoisotopic (exact) mass is 355 g/mol. The predicted molar refractivity (Wildman–Crippen MR) is 101 cm³/mol. The molecule has 132 valence electrons. The lowest BCUT2D eigenvalue weighted by molar-refractivity contribution is 0.0740. The molecule has 0 spiro atoms. The number of rotatable bonds is 4. The molecule has 0 radical (unpaired) electrons. The summed E-state index contributed by atoms with van der Waals surface area (Å²) in [5, 5.41) is 2.01. The second-order valence-electron chi connectivity index (χ2n) is 7.15. The highest BCUT2D eigenvalue weighted by molar-refractivity contribution is 7.12. The Labute approximate surface area is 153 Å². The standard InChI is InChI=1S/C20H25N3OS/c1-15-7-12-25-19(15)20(24)23-11-4-5-18(23)16-6-8-21-17(13-16)14-22-9-2-3-10-22/h6-8,12-13,18H,2-5,9-11,14H2,1H3/t18-/m1/s1. The predicted octanol–water partition coefficient (Wildman–Crippen LogP) is 4.02. The summed E-state index contributed by atoms with van der Waals surface area (Å²) < 4.78 is 0. The maximum atomic E-state index is 13.0. The molecule has 2 aliphatic heterocycles. The minimum Gasteiger partial charge on any atom is -0.331 e. The van der Waals surface area contributed by atoms with Gasteiger partial charge in [-0.15, -0.1) is 11.3 Å². The van der Waals surface area contributed by atoms with Crippen LogP contribution in [0.5, 0.6) is 0 Å². The summed E-state index contributed by atoms with van der Waals surface area (Å²) >= 11 is 1.56. The first kappa shape index (κ1) is 16.7. The number of pyridine rings is 1. The number of aromatic nitrogens is 1. The highest BCUT2D eigenvalue weighted by Crippen LogP contribution is 2.34. The fourth-order valence-corrected chi connectivity index (χ4v) is 4.92. The van der Waals surface area contributed by atoms with Gasteiger partial charge in [-0.2, -0.15) is 0 Å². The smallest absolute Gasteiger partial charge is 0.264 e. The van der Waals surface area contributed by atoms with Gasteiger partial charge in [0.15, 0.2) is 0 Å². The summed E-state index contributed by atoms with van der Waals surface area (Å²) in [6, 6.07) is 6.53. The van der Waals surface area contributed by atoms with Gasteiger partial charge in [-0.1, -0.05) is 0 Å². The van der Waals surface area contributed by atoms with Crippen LogP contribution in [0.15, 0.2) is 29.8 Å². The lowest BCUT2D eigenvalue weighted by Crippen LogP contribution is -2.30. The van der Waals surface area contributed by atoms with Gasteiger partial charge in [0, 0.05) is 19.3 Å². The molecule has 2 aliphatic rings. The quantitative estimate of drug-likeness (QED) is 0.831. The van der Waals surface area contributed by atoms with E-state index in [9.17, 15) is 4.79 Å². The van der Waals surface area contributed by atoms with Gasteiger partial charge in [-0.25, -0.2) is 0 Å². The molecular formula is C20H25N3OS. The van der Waals surface area contributed by atoms with Crippen molar-refractivity contribution < 1.29 is 4.79 Å². The van der Waals surface area contributed by atoms with Crippen molar-refractivity contribution in [2.24, 2.45) is 0 Å². The Morgan fingerprint density at radius 1 is 1.24 bits per heavy atom. The second kappa shape index (κ2) is 7.26. The van der Waals surface area contributed by atoms with Crippen molar-refractivity contribution in [3.63, 3.8) is 0 Å². The summed E-state index contributed by atoms with van der Waals surface area (Å²) in [5.74, 6) is 0.188. The molecule has 2 aromatic heterocycles. The fraction of sp³-hybridized carbons (Fsp3) is 0.500. The van der Waals surface area contributed by atoms with Crippen molar-refractivity contribution in [1.82, 2.24) is 14.8 Å². The molecule has 2 saturated heterocycles. The number of thiophene rings is 1. The molecule has 0 N–H and O–H groups in total. The number of nitrogens with zero attached hydrogens (tertiary/aromatic N) is 3. The number of likely N-dealkylation sites (tertiary alicyclic amines) is 2. The normalized spacial score (nSPS) is 21.2. The topological polar surface area (TPSA) is 36.4 Å². The van der Waals surface area contributed by atoms with Crippen LogP contribution in [0.1, 0.15) is 58.2 Å². The van der Waals surface area contributed by atoms with E-state index in [-0.39, 0.29) is 11.9 Å². The van der Waals surface area contributed by atoms with Gasteiger partial charge in [0.05, 0.1) is 16.6 Å². The van der Waals surface area contributed by atoms with Crippen molar-refractivity contribution in [3.8, 4) is 0 Å². The molecule has 25 heavy (non-hydrogen) atoms. The maximum absolute atomic E-state index is 13.0. The van der Waals surface area contributed by atoms with E-state index in [0.29, 0.717) is 0 Å². The van der Waals surface area contributed by atoms with Gasteiger partial charge in [0.1, 0.15) is 0 Å². The van der Waals surface area contributed by atoms with E-state index in [1.54, 1.807) is 11.3 Å². The number of aryl methyl sites for hydroxylation is 1. The van der Waals surface area contributed by atoms with Crippen LogP contribution in [0, 0.1) is 6.92 Å². The van der Waals surface area contributed by atoms with E-state index in [2.05, 4.69) is 26.9 Å².